The first-order valence-electron chi connectivity index (χ1n) is 4.17. The summed E-state index contributed by atoms with van der Waals surface area (Å²) in [5.41, 5.74) is 1.61. The number of hydrogen-bond acceptors (Lipinski definition) is 3. The molecule has 3 nitrogen and oxygen atoms in total. The van der Waals surface area contributed by atoms with Crippen molar-refractivity contribution in [1.82, 2.24) is 0 Å². The van der Waals surface area contributed by atoms with Gasteiger partial charge < -0.3 is 9.94 Å². The van der Waals surface area contributed by atoms with Crippen LogP contribution in [0.15, 0.2) is 29.4 Å². The van der Waals surface area contributed by atoms with Gasteiger partial charge in [-0.15, -0.1) is 0 Å². The maximum atomic E-state index is 8.66. The van der Waals surface area contributed by atoms with Crippen LogP contribution in [0.1, 0.15) is 18.9 Å². The Kier molecular flexibility index (Phi) is 3.31. The van der Waals surface area contributed by atoms with E-state index in [0.29, 0.717) is 12.1 Å². The van der Waals surface area contributed by atoms with Gasteiger partial charge >= 0.3 is 0 Å². The van der Waals surface area contributed by atoms with Crippen molar-refractivity contribution in [2.24, 2.45) is 5.16 Å². The Morgan fingerprint density at radius 1 is 1.38 bits per heavy atom. The summed E-state index contributed by atoms with van der Waals surface area (Å²) in [4.78, 5) is 0. The average molecular weight is 179 g/mol. The Bertz CT molecular complexity index is 290. The molecule has 0 aliphatic rings. The highest BCUT2D eigenvalue weighted by Gasteiger charge is 2.00. The van der Waals surface area contributed by atoms with Crippen LogP contribution in [-0.4, -0.2) is 18.0 Å². The third-order valence-corrected chi connectivity index (χ3v) is 1.88. The summed E-state index contributed by atoms with van der Waals surface area (Å²) in [6.45, 7) is 1.94. The van der Waals surface area contributed by atoms with Crippen LogP contribution in [0.2, 0.25) is 0 Å². The number of benzene rings is 1. The SMILES string of the molecule is CC/C(=N/O)c1ccc(OC)cc1. The van der Waals surface area contributed by atoms with Crippen LogP contribution in [0, 0.1) is 0 Å². The first-order valence-corrected chi connectivity index (χ1v) is 4.17. The molecule has 0 saturated heterocycles. The van der Waals surface area contributed by atoms with E-state index in [1.807, 2.05) is 31.2 Å². The molecule has 13 heavy (non-hydrogen) atoms. The Morgan fingerprint density at radius 2 is 2.00 bits per heavy atom. The zero-order chi connectivity index (χ0) is 9.68. The zero-order valence-electron chi connectivity index (χ0n) is 7.82. The van der Waals surface area contributed by atoms with Crippen LogP contribution in [0.25, 0.3) is 0 Å². The molecular formula is C10H13NO2. The van der Waals surface area contributed by atoms with Gasteiger partial charge in [-0.2, -0.15) is 0 Å². The average Bonchev–Trinajstić information content (AvgIpc) is 2.21. The second-order valence-electron chi connectivity index (χ2n) is 2.63. The minimum atomic E-state index is 0.683. The molecule has 1 rings (SSSR count). The van der Waals surface area contributed by atoms with Crippen LogP contribution < -0.4 is 4.74 Å². The number of rotatable bonds is 3. The number of methoxy groups -OCH3 is 1. The van der Waals surface area contributed by atoms with Gasteiger partial charge in [0.2, 0.25) is 0 Å². The predicted octanol–water partition coefficient (Wildman–Crippen LogP) is 2.28. The third-order valence-electron chi connectivity index (χ3n) is 1.88. The minimum Gasteiger partial charge on any atom is -0.497 e. The van der Waals surface area contributed by atoms with Crippen molar-refractivity contribution in [3.8, 4) is 5.75 Å². The number of oxime groups is 1. The van der Waals surface area contributed by atoms with Gasteiger partial charge in [0.15, 0.2) is 0 Å². The van der Waals surface area contributed by atoms with E-state index >= 15 is 0 Å². The van der Waals surface area contributed by atoms with Crippen molar-refractivity contribution in [2.75, 3.05) is 7.11 Å². The highest BCUT2D eigenvalue weighted by atomic mass is 16.5. The fourth-order valence-electron chi connectivity index (χ4n) is 1.12. The number of nitrogens with zero attached hydrogens (tertiary/aromatic N) is 1. The van der Waals surface area contributed by atoms with Gasteiger partial charge in [0.1, 0.15) is 5.75 Å². The molecule has 0 saturated carbocycles. The first-order chi connectivity index (χ1) is 6.31. The van der Waals surface area contributed by atoms with Gasteiger partial charge in [0.05, 0.1) is 12.8 Å². The monoisotopic (exact) mass is 179 g/mol. The highest BCUT2D eigenvalue weighted by Crippen LogP contribution is 2.12. The van der Waals surface area contributed by atoms with Gasteiger partial charge in [0.25, 0.3) is 0 Å². The second kappa shape index (κ2) is 4.50. The summed E-state index contributed by atoms with van der Waals surface area (Å²) in [5, 5.41) is 11.9. The quantitative estimate of drug-likeness (QED) is 0.439. The van der Waals surface area contributed by atoms with E-state index in [2.05, 4.69) is 5.16 Å². The lowest BCUT2D eigenvalue weighted by Gasteiger charge is -2.02. The summed E-state index contributed by atoms with van der Waals surface area (Å²) in [6, 6.07) is 7.43. The fraction of sp³-hybridized carbons (Fsp3) is 0.300. The molecule has 0 aromatic heterocycles. The van der Waals surface area contributed by atoms with E-state index in [-0.39, 0.29) is 0 Å². The molecule has 1 aromatic carbocycles. The molecule has 0 fully saturated rings. The van der Waals surface area contributed by atoms with E-state index in [1.165, 1.54) is 0 Å². The number of hydrogen-bond donors (Lipinski definition) is 1. The van der Waals surface area contributed by atoms with E-state index in [4.69, 9.17) is 9.94 Å². The van der Waals surface area contributed by atoms with E-state index < -0.39 is 0 Å². The van der Waals surface area contributed by atoms with Crippen molar-refractivity contribution in [3.63, 3.8) is 0 Å². The van der Waals surface area contributed by atoms with E-state index in [9.17, 15) is 0 Å². The van der Waals surface area contributed by atoms with Gasteiger partial charge in [0, 0.05) is 0 Å². The smallest absolute Gasteiger partial charge is 0.118 e. The molecule has 0 atom stereocenters. The standard InChI is InChI=1S/C10H13NO2/c1-3-10(11-12)8-4-6-9(13-2)7-5-8/h4-7,12H,3H2,1-2H3/b11-10-. The Morgan fingerprint density at radius 3 is 2.38 bits per heavy atom. The molecule has 1 aromatic rings. The topological polar surface area (TPSA) is 41.8 Å². The zero-order valence-corrected chi connectivity index (χ0v) is 7.82. The van der Waals surface area contributed by atoms with Crippen molar-refractivity contribution in [3.05, 3.63) is 29.8 Å². The highest BCUT2D eigenvalue weighted by molar-refractivity contribution is 6.00. The van der Waals surface area contributed by atoms with Gasteiger partial charge in [-0.05, 0) is 36.2 Å². The first kappa shape index (κ1) is 9.58. The molecule has 0 unspecified atom stereocenters. The number of ether oxygens (including phenoxy) is 1. The van der Waals surface area contributed by atoms with Crippen molar-refractivity contribution < 1.29 is 9.94 Å². The summed E-state index contributed by atoms with van der Waals surface area (Å²) in [6.07, 6.45) is 0.711. The molecule has 1 N–H and O–H groups in total. The second-order valence-corrected chi connectivity index (χ2v) is 2.63. The van der Waals surface area contributed by atoms with Crippen molar-refractivity contribution >= 4 is 5.71 Å². The minimum absolute atomic E-state index is 0.683. The van der Waals surface area contributed by atoms with Crippen LogP contribution in [0.4, 0.5) is 0 Å². The molecule has 0 aliphatic carbocycles. The Balaban J connectivity index is 2.91. The lowest BCUT2D eigenvalue weighted by Crippen LogP contribution is -1.98. The summed E-state index contributed by atoms with van der Waals surface area (Å²) < 4.78 is 5.01. The van der Waals surface area contributed by atoms with Crippen LogP contribution in [-0.2, 0) is 0 Å². The molecular weight excluding hydrogens is 166 g/mol. The van der Waals surface area contributed by atoms with Gasteiger partial charge in [-0.1, -0.05) is 12.1 Å². The Labute approximate surface area is 77.6 Å². The van der Waals surface area contributed by atoms with Crippen LogP contribution >= 0.6 is 0 Å². The molecule has 0 radical (unpaired) electrons. The molecule has 0 bridgehead atoms. The molecule has 0 spiro atoms. The van der Waals surface area contributed by atoms with Gasteiger partial charge in [-0.3, -0.25) is 0 Å². The normalized spacial score (nSPS) is 11.4. The van der Waals surface area contributed by atoms with E-state index in [0.717, 1.165) is 11.3 Å². The third kappa shape index (κ3) is 2.21. The largest absolute Gasteiger partial charge is 0.497 e. The fourth-order valence-corrected chi connectivity index (χ4v) is 1.12. The maximum Gasteiger partial charge on any atom is 0.118 e. The van der Waals surface area contributed by atoms with Gasteiger partial charge in [-0.25, -0.2) is 0 Å². The predicted molar refractivity (Wildman–Crippen MR) is 51.6 cm³/mol. The van der Waals surface area contributed by atoms with E-state index in [1.54, 1.807) is 7.11 Å². The van der Waals surface area contributed by atoms with Crippen molar-refractivity contribution in [2.45, 2.75) is 13.3 Å². The molecule has 0 aliphatic heterocycles. The summed E-state index contributed by atoms with van der Waals surface area (Å²) in [7, 11) is 1.62. The maximum absolute atomic E-state index is 8.66. The summed E-state index contributed by atoms with van der Waals surface area (Å²) in [5.74, 6) is 0.803. The van der Waals surface area contributed by atoms with Crippen molar-refractivity contribution in [1.29, 1.82) is 0 Å². The molecule has 0 heterocycles. The lowest BCUT2D eigenvalue weighted by atomic mass is 10.1. The Hall–Kier alpha value is -1.51. The van der Waals surface area contributed by atoms with Crippen LogP contribution in [0.3, 0.4) is 0 Å². The molecule has 0 amide bonds. The van der Waals surface area contributed by atoms with Crippen LogP contribution in [0.5, 0.6) is 5.75 Å². The molecule has 3 heteroatoms. The lowest BCUT2D eigenvalue weighted by molar-refractivity contribution is 0.318. The molecule has 70 valence electrons. The summed E-state index contributed by atoms with van der Waals surface area (Å²) >= 11 is 0.